The van der Waals surface area contributed by atoms with Crippen LogP contribution in [0.3, 0.4) is 0 Å². The van der Waals surface area contributed by atoms with Gasteiger partial charge in [-0.3, -0.25) is 9.11 Å². The Morgan fingerprint density at radius 1 is 1.28 bits per heavy atom. The van der Waals surface area contributed by atoms with E-state index in [2.05, 4.69) is 4.90 Å². The molecule has 18 heavy (non-hydrogen) atoms. The number of hydrogen-bond acceptors (Lipinski definition) is 5. The van der Waals surface area contributed by atoms with E-state index in [1.807, 2.05) is 29.2 Å². The van der Waals surface area contributed by atoms with Crippen LogP contribution in [0.4, 0.5) is 5.69 Å². The van der Waals surface area contributed by atoms with Gasteiger partial charge in [0.25, 0.3) is 0 Å². The summed E-state index contributed by atoms with van der Waals surface area (Å²) in [6.07, 6.45) is 0. The van der Waals surface area contributed by atoms with Crippen LogP contribution in [0.5, 0.6) is 5.75 Å². The first-order valence-electron chi connectivity index (χ1n) is 5.87. The molecule has 0 radical (unpaired) electrons. The molecule has 100 valence electrons. The van der Waals surface area contributed by atoms with E-state index in [1.165, 1.54) is 0 Å². The van der Waals surface area contributed by atoms with Crippen LogP contribution in [0, 0.1) is 0 Å². The second kappa shape index (κ2) is 6.17. The van der Waals surface area contributed by atoms with Gasteiger partial charge in [0.05, 0.1) is 18.7 Å². The van der Waals surface area contributed by atoms with Crippen molar-refractivity contribution in [2.24, 2.45) is 0 Å². The topological polar surface area (TPSA) is 55.8 Å². The van der Waals surface area contributed by atoms with E-state index in [0.29, 0.717) is 0 Å². The molecule has 0 bridgehead atoms. The molecule has 1 aromatic carbocycles. The van der Waals surface area contributed by atoms with Gasteiger partial charge in [-0.2, -0.15) is 0 Å². The zero-order valence-corrected chi connectivity index (χ0v) is 11.2. The van der Waals surface area contributed by atoms with E-state index in [0.717, 1.165) is 37.6 Å². The molecule has 0 N–H and O–H groups in total. The van der Waals surface area contributed by atoms with Gasteiger partial charge >= 0.3 is 0 Å². The number of nitrogens with zero attached hydrogens (tertiary/aromatic N) is 2. The van der Waals surface area contributed by atoms with Crippen LogP contribution in [0.1, 0.15) is 0 Å². The Bertz CT molecular complexity index is 420. The van der Waals surface area contributed by atoms with Gasteiger partial charge in [0.15, 0.2) is 0 Å². The van der Waals surface area contributed by atoms with Gasteiger partial charge in [-0.25, -0.2) is 0 Å². The van der Waals surface area contributed by atoms with Crippen LogP contribution in [-0.2, 0) is 11.1 Å². The van der Waals surface area contributed by atoms with Crippen molar-refractivity contribution in [3.05, 3.63) is 24.3 Å². The van der Waals surface area contributed by atoms with Crippen molar-refractivity contribution in [3.8, 4) is 5.75 Å². The number of piperazine rings is 1. The summed E-state index contributed by atoms with van der Waals surface area (Å²) in [6.45, 7) is 3.15. The first-order chi connectivity index (χ1) is 8.70. The Hall–Kier alpha value is -1.11. The van der Waals surface area contributed by atoms with Gasteiger partial charge in [-0.1, -0.05) is 12.1 Å². The highest BCUT2D eigenvalue weighted by atomic mass is 32.2. The molecule has 1 saturated heterocycles. The minimum atomic E-state index is -1.99. The van der Waals surface area contributed by atoms with E-state index in [-0.39, 0.29) is 5.88 Å². The SMILES string of the molecule is COc1ccccc1N1CCN(CS(=O)[O-])CC1. The van der Waals surface area contributed by atoms with Crippen molar-refractivity contribution in [1.82, 2.24) is 4.90 Å². The Morgan fingerprint density at radius 2 is 1.94 bits per heavy atom. The highest BCUT2D eigenvalue weighted by Crippen LogP contribution is 2.28. The smallest absolute Gasteiger partial charge is 0.142 e. The molecule has 5 nitrogen and oxygen atoms in total. The molecule has 6 heteroatoms. The first kappa shape index (κ1) is 13.3. The van der Waals surface area contributed by atoms with Crippen LogP contribution in [0.2, 0.25) is 0 Å². The highest BCUT2D eigenvalue weighted by Gasteiger charge is 2.19. The van der Waals surface area contributed by atoms with Crippen molar-refractivity contribution in [1.29, 1.82) is 0 Å². The molecule has 1 unspecified atom stereocenters. The number of methoxy groups -OCH3 is 1. The minimum Gasteiger partial charge on any atom is -0.771 e. The fourth-order valence-corrected chi connectivity index (χ4v) is 2.71. The summed E-state index contributed by atoms with van der Waals surface area (Å²) in [6, 6.07) is 7.89. The molecule has 0 amide bonds. The quantitative estimate of drug-likeness (QED) is 0.751. The van der Waals surface area contributed by atoms with Gasteiger partial charge in [-0.05, 0) is 23.2 Å². The van der Waals surface area contributed by atoms with E-state index in [9.17, 15) is 8.76 Å². The maximum atomic E-state index is 10.6. The normalized spacial score (nSPS) is 18.7. The van der Waals surface area contributed by atoms with Crippen LogP contribution in [-0.4, -0.2) is 52.8 Å². The summed E-state index contributed by atoms with van der Waals surface area (Å²) in [5.74, 6) is 0.984. The summed E-state index contributed by atoms with van der Waals surface area (Å²) >= 11 is -1.99. The third kappa shape index (κ3) is 3.22. The van der Waals surface area contributed by atoms with E-state index < -0.39 is 11.1 Å². The molecule has 1 aliphatic rings. The van der Waals surface area contributed by atoms with Gasteiger partial charge in [-0.15, -0.1) is 0 Å². The molecule has 0 aromatic heterocycles. The molecule has 1 fully saturated rings. The summed E-state index contributed by atoms with van der Waals surface area (Å²) in [5.41, 5.74) is 1.07. The molecule has 0 aliphatic carbocycles. The number of hydrogen-bond donors (Lipinski definition) is 0. The third-order valence-corrected chi connectivity index (χ3v) is 3.66. The molecular formula is C12H17N2O3S-. The Balaban J connectivity index is 1.99. The Kier molecular flexibility index (Phi) is 4.57. The van der Waals surface area contributed by atoms with Crippen molar-refractivity contribution in [2.75, 3.05) is 44.1 Å². The number of rotatable bonds is 4. The number of anilines is 1. The van der Waals surface area contributed by atoms with Gasteiger partial charge in [0.1, 0.15) is 5.75 Å². The molecule has 1 aliphatic heterocycles. The fourth-order valence-electron chi connectivity index (χ4n) is 2.16. The standard InChI is InChI=1S/C12H18N2O3S/c1-17-12-5-3-2-4-11(12)14-8-6-13(7-9-14)10-18(15)16/h2-5H,6-10H2,1H3,(H,15,16)/p-1. The largest absolute Gasteiger partial charge is 0.771 e. The molecule has 0 saturated carbocycles. The zero-order chi connectivity index (χ0) is 13.0. The number of ether oxygens (including phenoxy) is 1. The van der Waals surface area contributed by atoms with Crippen LogP contribution >= 0.6 is 0 Å². The predicted octanol–water partition coefficient (Wildman–Crippen LogP) is 0.654. The van der Waals surface area contributed by atoms with Gasteiger partial charge < -0.3 is 14.2 Å². The lowest BCUT2D eigenvalue weighted by molar-refractivity contribution is 0.290. The molecule has 2 rings (SSSR count). The van der Waals surface area contributed by atoms with E-state index >= 15 is 0 Å². The average molecular weight is 269 g/mol. The van der Waals surface area contributed by atoms with Gasteiger partial charge in [0, 0.05) is 26.2 Å². The summed E-state index contributed by atoms with van der Waals surface area (Å²) in [5, 5.41) is 0. The number of benzene rings is 1. The van der Waals surface area contributed by atoms with Crippen LogP contribution in [0.25, 0.3) is 0 Å². The lowest BCUT2D eigenvalue weighted by Gasteiger charge is -2.36. The van der Waals surface area contributed by atoms with E-state index in [4.69, 9.17) is 4.74 Å². The summed E-state index contributed by atoms with van der Waals surface area (Å²) in [4.78, 5) is 4.16. The predicted molar refractivity (Wildman–Crippen MR) is 70.6 cm³/mol. The lowest BCUT2D eigenvalue weighted by atomic mass is 10.2. The fraction of sp³-hybridized carbons (Fsp3) is 0.500. The first-order valence-corrected chi connectivity index (χ1v) is 7.11. The van der Waals surface area contributed by atoms with Gasteiger partial charge in [0.2, 0.25) is 0 Å². The molecule has 1 heterocycles. The van der Waals surface area contributed by atoms with Crippen LogP contribution < -0.4 is 9.64 Å². The average Bonchev–Trinajstić information content (AvgIpc) is 2.39. The highest BCUT2D eigenvalue weighted by molar-refractivity contribution is 7.79. The second-order valence-corrected chi connectivity index (χ2v) is 5.08. The van der Waals surface area contributed by atoms with Crippen LogP contribution in [0.15, 0.2) is 24.3 Å². The molecule has 1 aromatic rings. The zero-order valence-electron chi connectivity index (χ0n) is 10.4. The van der Waals surface area contributed by atoms with Crippen molar-refractivity contribution < 1.29 is 13.5 Å². The molecule has 0 spiro atoms. The Morgan fingerprint density at radius 3 is 2.56 bits per heavy atom. The Labute approximate surface area is 110 Å². The van der Waals surface area contributed by atoms with Crippen molar-refractivity contribution >= 4 is 16.8 Å². The molecular weight excluding hydrogens is 252 g/mol. The summed E-state index contributed by atoms with van der Waals surface area (Å²) < 4.78 is 26.6. The van der Waals surface area contributed by atoms with Crippen molar-refractivity contribution in [2.45, 2.75) is 0 Å². The monoisotopic (exact) mass is 269 g/mol. The number of para-hydroxylation sites is 2. The third-order valence-electron chi connectivity index (χ3n) is 3.09. The van der Waals surface area contributed by atoms with E-state index in [1.54, 1.807) is 7.11 Å². The molecule has 1 atom stereocenters. The lowest BCUT2D eigenvalue weighted by Crippen LogP contribution is -2.47. The van der Waals surface area contributed by atoms with Crippen molar-refractivity contribution in [3.63, 3.8) is 0 Å². The maximum Gasteiger partial charge on any atom is 0.142 e. The maximum absolute atomic E-state index is 10.6. The second-order valence-electron chi connectivity index (χ2n) is 4.21. The minimum absolute atomic E-state index is 0.125. The summed E-state index contributed by atoms with van der Waals surface area (Å²) in [7, 11) is 1.66.